The molecule has 0 aromatic carbocycles. The van der Waals surface area contributed by atoms with E-state index in [1.54, 1.807) is 4.90 Å². The molecule has 1 fully saturated rings. The van der Waals surface area contributed by atoms with Crippen molar-refractivity contribution in [3.63, 3.8) is 0 Å². The molecule has 1 amide bonds. The van der Waals surface area contributed by atoms with E-state index in [1.165, 1.54) is 12.3 Å². The number of carbonyl (C=O) groups is 2. The van der Waals surface area contributed by atoms with E-state index in [2.05, 4.69) is 4.98 Å². The molecule has 6 nitrogen and oxygen atoms in total. The van der Waals surface area contributed by atoms with Gasteiger partial charge in [-0.15, -0.1) is 0 Å². The summed E-state index contributed by atoms with van der Waals surface area (Å²) in [6, 6.07) is 0.790. The summed E-state index contributed by atoms with van der Waals surface area (Å²) in [5, 5.41) is 9.33. The van der Waals surface area contributed by atoms with Crippen molar-refractivity contribution in [2.24, 2.45) is 5.73 Å². The molecule has 1 aliphatic rings. The fourth-order valence-electron chi connectivity index (χ4n) is 2.05. The molecule has 0 saturated carbocycles. The summed E-state index contributed by atoms with van der Waals surface area (Å²) in [4.78, 5) is 27.7. The number of amides is 1. The number of nitrogens with two attached hydrogens (primary N) is 1. The molecule has 0 radical (unpaired) electrons. The predicted octanol–water partition coefficient (Wildman–Crippen LogP) is 0.887. The number of pyridine rings is 1. The lowest BCUT2D eigenvalue weighted by Crippen LogP contribution is -2.36. The number of carboxylic acids is 1. The van der Waals surface area contributed by atoms with Crippen molar-refractivity contribution in [3.05, 3.63) is 22.8 Å². The van der Waals surface area contributed by atoms with Crippen LogP contribution in [-0.2, 0) is 4.79 Å². The molecule has 2 rings (SSSR count). The number of aromatic nitrogens is 1. The van der Waals surface area contributed by atoms with Gasteiger partial charge in [0, 0.05) is 12.7 Å². The van der Waals surface area contributed by atoms with E-state index in [0.29, 0.717) is 18.8 Å². The van der Waals surface area contributed by atoms with Gasteiger partial charge >= 0.3 is 5.97 Å². The van der Waals surface area contributed by atoms with Crippen LogP contribution in [0.2, 0.25) is 5.02 Å². The highest BCUT2D eigenvalue weighted by atomic mass is 35.5. The summed E-state index contributed by atoms with van der Waals surface area (Å²) in [7, 11) is 0. The molecule has 1 atom stereocenters. The smallest absolute Gasteiger partial charge is 0.326 e. The molecular formula is C11H12ClN3O3. The summed E-state index contributed by atoms with van der Waals surface area (Å²) >= 11 is 6.02. The topological polar surface area (TPSA) is 96.5 Å². The van der Waals surface area contributed by atoms with E-state index >= 15 is 0 Å². The fourth-order valence-corrected chi connectivity index (χ4v) is 2.33. The first-order valence-electron chi connectivity index (χ1n) is 5.45. The largest absolute Gasteiger partial charge is 0.480 e. The quantitative estimate of drug-likeness (QED) is 0.849. The molecule has 3 N–H and O–H groups in total. The Balaban J connectivity index is 2.33. The minimum Gasteiger partial charge on any atom is -0.480 e. The van der Waals surface area contributed by atoms with E-state index in [9.17, 15) is 9.59 Å². The molecule has 96 valence electrons. The second-order valence-corrected chi connectivity index (χ2v) is 4.49. The van der Waals surface area contributed by atoms with Crippen LogP contribution >= 0.6 is 11.6 Å². The molecule has 1 aromatic heterocycles. The maximum Gasteiger partial charge on any atom is 0.326 e. The van der Waals surface area contributed by atoms with Crippen molar-refractivity contribution in [1.29, 1.82) is 0 Å². The number of carboxylic acid groups (broad SMARTS) is 1. The summed E-state index contributed by atoms with van der Waals surface area (Å²) in [6.07, 6.45) is 2.64. The van der Waals surface area contributed by atoms with Gasteiger partial charge in [0.25, 0.3) is 0 Å². The number of anilines is 1. The first kappa shape index (κ1) is 12.6. The van der Waals surface area contributed by atoms with Crippen LogP contribution in [0.15, 0.2) is 12.3 Å². The Morgan fingerprint density at radius 1 is 1.56 bits per heavy atom. The first-order chi connectivity index (χ1) is 8.50. The number of hydrogen-bond acceptors (Lipinski definition) is 4. The second-order valence-electron chi connectivity index (χ2n) is 4.08. The van der Waals surface area contributed by atoms with Gasteiger partial charge in [-0.05, 0) is 18.9 Å². The van der Waals surface area contributed by atoms with Gasteiger partial charge in [-0.3, -0.25) is 4.79 Å². The van der Waals surface area contributed by atoms with Crippen LogP contribution in [0, 0.1) is 0 Å². The zero-order valence-corrected chi connectivity index (χ0v) is 10.2. The van der Waals surface area contributed by atoms with Crippen LogP contribution < -0.4 is 10.6 Å². The highest BCUT2D eigenvalue weighted by Crippen LogP contribution is 2.30. The van der Waals surface area contributed by atoms with Crippen LogP contribution in [0.3, 0.4) is 0 Å². The minimum absolute atomic E-state index is 0.204. The number of primary amides is 1. The lowest BCUT2D eigenvalue weighted by atomic mass is 10.2. The summed E-state index contributed by atoms with van der Waals surface area (Å²) in [6.45, 7) is 0.583. The number of halogens is 1. The lowest BCUT2D eigenvalue weighted by molar-refractivity contribution is -0.138. The van der Waals surface area contributed by atoms with Crippen LogP contribution in [0.4, 0.5) is 5.82 Å². The predicted molar refractivity (Wildman–Crippen MR) is 65.8 cm³/mol. The minimum atomic E-state index is -0.899. The van der Waals surface area contributed by atoms with E-state index in [0.717, 1.165) is 6.42 Å². The van der Waals surface area contributed by atoms with Crippen molar-refractivity contribution in [2.45, 2.75) is 18.9 Å². The van der Waals surface area contributed by atoms with Crippen molar-refractivity contribution >= 4 is 29.3 Å². The van der Waals surface area contributed by atoms with E-state index in [-0.39, 0.29) is 10.6 Å². The third-order valence-corrected chi connectivity index (χ3v) is 3.19. The normalized spacial score (nSPS) is 18.9. The molecule has 2 heterocycles. The molecule has 1 saturated heterocycles. The number of nitrogens with zero attached hydrogens (tertiary/aromatic N) is 2. The Morgan fingerprint density at radius 2 is 2.28 bits per heavy atom. The molecule has 0 spiro atoms. The molecular weight excluding hydrogens is 258 g/mol. The summed E-state index contributed by atoms with van der Waals surface area (Å²) < 4.78 is 0. The standard InChI is InChI=1S/C11H12ClN3O3/c12-7-4-6(9(13)16)5-14-10(7)15-3-1-2-8(15)11(17)18/h4-5,8H,1-3H2,(H2,13,16)(H,17,18). The average molecular weight is 270 g/mol. The van der Waals surface area contributed by atoms with E-state index < -0.39 is 17.9 Å². The van der Waals surface area contributed by atoms with Gasteiger partial charge in [-0.1, -0.05) is 11.6 Å². The highest BCUT2D eigenvalue weighted by Gasteiger charge is 2.32. The van der Waals surface area contributed by atoms with Crippen molar-refractivity contribution in [3.8, 4) is 0 Å². The Kier molecular flexibility index (Phi) is 3.38. The van der Waals surface area contributed by atoms with Crippen molar-refractivity contribution < 1.29 is 14.7 Å². The third kappa shape index (κ3) is 2.24. The van der Waals surface area contributed by atoms with Gasteiger partial charge in [0.2, 0.25) is 5.91 Å². The van der Waals surface area contributed by atoms with Gasteiger partial charge in [0.1, 0.15) is 11.9 Å². The van der Waals surface area contributed by atoms with Gasteiger partial charge in [0.05, 0.1) is 10.6 Å². The van der Waals surface area contributed by atoms with Crippen LogP contribution in [0.1, 0.15) is 23.2 Å². The van der Waals surface area contributed by atoms with Gasteiger partial charge in [0.15, 0.2) is 0 Å². The SMILES string of the molecule is NC(=O)c1cnc(N2CCCC2C(=O)O)c(Cl)c1. The maximum atomic E-state index is 11.1. The fraction of sp³-hybridized carbons (Fsp3) is 0.364. The molecule has 0 bridgehead atoms. The zero-order chi connectivity index (χ0) is 13.3. The Labute approximate surface area is 108 Å². The van der Waals surface area contributed by atoms with E-state index in [4.69, 9.17) is 22.4 Å². The van der Waals surface area contributed by atoms with E-state index in [1.807, 2.05) is 0 Å². The Bertz CT molecular complexity index is 506. The van der Waals surface area contributed by atoms with Crippen molar-refractivity contribution in [2.75, 3.05) is 11.4 Å². The molecule has 0 aliphatic carbocycles. The van der Waals surface area contributed by atoms with Crippen LogP contribution in [-0.4, -0.2) is 34.6 Å². The first-order valence-corrected chi connectivity index (χ1v) is 5.83. The third-order valence-electron chi connectivity index (χ3n) is 2.92. The van der Waals surface area contributed by atoms with Gasteiger partial charge in [-0.25, -0.2) is 9.78 Å². The number of carbonyl (C=O) groups excluding carboxylic acids is 1. The molecule has 18 heavy (non-hydrogen) atoms. The molecule has 1 aliphatic heterocycles. The lowest BCUT2D eigenvalue weighted by Gasteiger charge is -2.23. The zero-order valence-electron chi connectivity index (χ0n) is 9.47. The van der Waals surface area contributed by atoms with Crippen LogP contribution in [0.5, 0.6) is 0 Å². The van der Waals surface area contributed by atoms with Crippen molar-refractivity contribution in [1.82, 2.24) is 4.98 Å². The molecule has 1 aromatic rings. The average Bonchev–Trinajstić information content (AvgIpc) is 2.77. The molecule has 7 heteroatoms. The summed E-state index contributed by atoms with van der Waals surface area (Å²) in [5.74, 6) is -1.14. The Hall–Kier alpha value is -1.82. The number of rotatable bonds is 3. The van der Waals surface area contributed by atoms with Gasteiger partial charge in [-0.2, -0.15) is 0 Å². The van der Waals surface area contributed by atoms with Gasteiger partial charge < -0.3 is 15.7 Å². The second kappa shape index (κ2) is 4.81. The number of aliphatic carboxylic acids is 1. The summed E-state index contributed by atoms with van der Waals surface area (Å²) in [5.41, 5.74) is 5.32. The highest BCUT2D eigenvalue weighted by molar-refractivity contribution is 6.33. The Morgan fingerprint density at radius 3 is 2.83 bits per heavy atom. The van der Waals surface area contributed by atoms with Crippen LogP contribution in [0.25, 0.3) is 0 Å². The maximum absolute atomic E-state index is 11.1. The number of hydrogen-bond donors (Lipinski definition) is 2. The monoisotopic (exact) mass is 269 g/mol. The molecule has 1 unspecified atom stereocenters.